The molecule has 4 aromatic rings. The first-order chi connectivity index (χ1) is 13.3. The van der Waals surface area contributed by atoms with Crippen molar-refractivity contribution in [1.29, 1.82) is 0 Å². The van der Waals surface area contributed by atoms with Gasteiger partial charge in [-0.2, -0.15) is 5.10 Å². The van der Waals surface area contributed by atoms with Crippen LogP contribution in [-0.2, 0) is 13.1 Å². The third-order valence-electron chi connectivity index (χ3n) is 4.40. The lowest BCUT2D eigenvalue weighted by Crippen LogP contribution is -2.12. The van der Waals surface area contributed by atoms with Crippen molar-refractivity contribution in [3.63, 3.8) is 0 Å². The van der Waals surface area contributed by atoms with Gasteiger partial charge in [0.25, 0.3) is 0 Å². The summed E-state index contributed by atoms with van der Waals surface area (Å²) < 4.78 is 3.01. The van der Waals surface area contributed by atoms with Gasteiger partial charge in [-0.15, -0.1) is 0 Å². The van der Waals surface area contributed by atoms with Crippen molar-refractivity contribution in [2.75, 3.05) is 0 Å². The van der Waals surface area contributed by atoms with Gasteiger partial charge in [0, 0.05) is 34.9 Å². The smallest absolute Gasteiger partial charge is 0.0972 e. The van der Waals surface area contributed by atoms with Gasteiger partial charge in [-0.25, -0.2) is 4.68 Å². The summed E-state index contributed by atoms with van der Waals surface area (Å²) in [6.07, 6.45) is 2.11. The molecular weight excluding hydrogens is 398 g/mol. The summed E-state index contributed by atoms with van der Waals surface area (Å²) in [6, 6.07) is 28.9. The molecule has 3 aromatic carbocycles. The summed E-state index contributed by atoms with van der Waals surface area (Å²) >= 11 is 3.57. The molecule has 1 aromatic heterocycles. The van der Waals surface area contributed by atoms with Gasteiger partial charge in [0.1, 0.15) is 0 Å². The van der Waals surface area contributed by atoms with Crippen molar-refractivity contribution in [3.8, 4) is 16.9 Å². The van der Waals surface area contributed by atoms with Gasteiger partial charge >= 0.3 is 0 Å². The van der Waals surface area contributed by atoms with Crippen LogP contribution in [0.2, 0.25) is 0 Å². The minimum Gasteiger partial charge on any atom is -0.308 e. The number of nitrogens with one attached hydrogen (secondary N) is 1. The van der Waals surface area contributed by atoms with Gasteiger partial charge in [-0.1, -0.05) is 76.6 Å². The number of aromatic nitrogens is 2. The zero-order valence-corrected chi connectivity index (χ0v) is 16.4. The lowest BCUT2D eigenvalue weighted by atomic mass is 10.1. The van der Waals surface area contributed by atoms with E-state index in [1.807, 2.05) is 41.1 Å². The highest BCUT2D eigenvalue weighted by Crippen LogP contribution is 2.26. The van der Waals surface area contributed by atoms with Gasteiger partial charge < -0.3 is 5.32 Å². The number of nitrogens with zero attached hydrogens (tertiary/aromatic N) is 2. The van der Waals surface area contributed by atoms with Gasteiger partial charge in [0.05, 0.1) is 11.4 Å². The zero-order chi connectivity index (χ0) is 18.5. The van der Waals surface area contributed by atoms with Crippen molar-refractivity contribution in [3.05, 3.63) is 107 Å². The third-order valence-corrected chi connectivity index (χ3v) is 4.89. The average Bonchev–Trinajstić information content (AvgIpc) is 3.14. The van der Waals surface area contributed by atoms with Crippen molar-refractivity contribution in [1.82, 2.24) is 15.1 Å². The van der Waals surface area contributed by atoms with Crippen LogP contribution in [0, 0.1) is 0 Å². The topological polar surface area (TPSA) is 29.9 Å². The van der Waals surface area contributed by atoms with Crippen LogP contribution in [0.3, 0.4) is 0 Å². The van der Waals surface area contributed by atoms with Crippen molar-refractivity contribution < 1.29 is 0 Å². The Morgan fingerprint density at radius 1 is 0.815 bits per heavy atom. The van der Waals surface area contributed by atoms with Crippen molar-refractivity contribution >= 4 is 15.9 Å². The molecule has 0 spiro atoms. The van der Waals surface area contributed by atoms with E-state index in [0.717, 1.165) is 34.5 Å². The van der Waals surface area contributed by atoms with Crippen LogP contribution in [0.1, 0.15) is 11.1 Å². The Morgan fingerprint density at radius 3 is 2.30 bits per heavy atom. The Bertz CT molecular complexity index is 1010. The van der Waals surface area contributed by atoms with Crippen LogP contribution in [0.5, 0.6) is 0 Å². The molecule has 0 radical (unpaired) electrons. The van der Waals surface area contributed by atoms with E-state index in [4.69, 9.17) is 5.10 Å². The number of para-hydroxylation sites is 1. The molecule has 0 fully saturated rings. The fourth-order valence-electron chi connectivity index (χ4n) is 3.07. The van der Waals surface area contributed by atoms with Crippen LogP contribution in [0.15, 0.2) is 95.6 Å². The SMILES string of the molecule is Brc1cccc(-c2nn(-c3ccccc3)cc2CNCc2ccccc2)c1. The minimum atomic E-state index is 0.754. The lowest BCUT2D eigenvalue weighted by molar-refractivity contribution is 0.694. The summed E-state index contributed by atoms with van der Waals surface area (Å²) in [6.45, 7) is 1.58. The van der Waals surface area contributed by atoms with E-state index < -0.39 is 0 Å². The molecule has 3 nitrogen and oxygen atoms in total. The second-order valence-electron chi connectivity index (χ2n) is 6.38. The Labute approximate surface area is 167 Å². The third kappa shape index (κ3) is 4.35. The standard InChI is InChI=1S/C23H20BrN3/c24-21-11-7-10-19(14-21)23-20(16-25-15-18-8-3-1-4-9-18)17-27(26-23)22-12-5-2-6-13-22/h1-14,17,25H,15-16H2. The van der Waals surface area contributed by atoms with E-state index >= 15 is 0 Å². The molecule has 4 heteroatoms. The Balaban J connectivity index is 1.63. The quantitative estimate of drug-likeness (QED) is 0.442. The average molecular weight is 418 g/mol. The molecule has 134 valence electrons. The second-order valence-corrected chi connectivity index (χ2v) is 7.30. The van der Waals surface area contributed by atoms with Crippen LogP contribution >= 0.6 is 15.9 Å². The van der Waals surface area contributed by atoms with Gasteiger partial charge in [-0.3, -0.25) is 0 Å². The summed E-state index contributed by atoms with van der Waals surface area (Å²) in [5.41, 5.74) is 5.61. The maximum atomic E-state index is 4.87. The Kier molecular flexibility index (Phi) is 5.47. The molecule has 0 unspecified atom stereocenters. The molecule has 0 aliphatic rings. The van der Waals surface area contributed by atoms with Gasteiger partial charge in [-0.05, 0) is 29.8 Å². The normalized spacial score (nSPS) is 10.9. The molecule has 0 bridgehead atoms. The van der Waals surface area contributed by atoms with E-state index in [1.54, 1.807) is 0 Å². The molecule has 0 atom stereocenters. The maximum absolute atomic E-state index is 4.87. The highest BCUT2D eigenvalue weighted by Gasteiger charge is 2.12. The van der Waals surface area contributed by atoms with E-state index in [2.05, 4.69) is 76.0 Å². The number of rotatable bonds is 6. The molecule has 4 rings (SSSR count). The Morgan fingerprint density at radius 2 is 1.56 bits per heavy atom. The van der Waals surface area contributed by atoms with Gasteiger partial charge in [0.2, 0.25) is 0 Å². The largest absolute Gasteiger partial charge is 0.308 e. The second kappa shape index (κ2) is 8.33. The van der Waals surface area contributed by atoms with Crippen LogP contribution in [-0.4, -0.2) is 9.78 Å². The molecular formula is C23H20BrN3. The summed E-state index contributed by atoms with van der Waals surface area (Å²) in [4.78, 5) is 0. The molecule has 0 saturated heterocycles. The molecule has 0 saturated carbocycles. The first-order valence-corrected chi connectivity index (χ1v) is 9.73. The highest BCUT2D eigenvalue weighted by molar-refractivity contribution is 9.10. The zero-order valence-electron chi connectivity index (χ0n) is 14.8. The summed E-state index contributed by atoms with van der Waals surface area (Å²) in [7, 11) is 0. The number of hydrogen-bond donors (Lipinski definition) is 1. The summed E-state index contributed by atoms with van der Waals surface area (Å²) in [5, 5.41) is 8.42. The highest BCUT2D eigenvalue weighted by atomic mass is 79.9. The van der Waals surface area contributed by atoms with Crippen LogP contribution in [0.4, 0.5) is 0 Å². The number of halogens is 1. The number of hydrogen-bond acceptors (Lipinski definition) is 2. The van der Waals surface area contributed by atoms with E-state index in [1.165, 1.54) is 11.1 Å². The molecule has 0 aliphatic heterocycles. The first-order valence-electron chi connectivity index (χ1n) is 8.94. The predicted octanol–water partition coefficient (Wildman–Crippen LogP) is 5.59. The molecule has 0 amide bonds. The number of benzene rings is 3. The molecule has 0 aliphatic carbocycles. The van der Waals surface area contributed by atoms with E-state index in [-0.39, 0.29) is 0 Å². The van der Waals surface area contributed by atoms with Crippen LogP contribution in [0.25, 0.3) is 16.9 Å². The minimum absolute atomic E-state index is 0.754. The molecule has 1 N–H and O–H groups in total. The summed E-state index contributed by atoms with van der Waals surface area (Å²) in [5.74, 6) is 0. The fraction of sp³-hybridized carbons (Fsp3) is 0.0870. The maximum Gasteiger partial charge on any atom is 0.0972 e. The van der Waals surface area contributed by atoms with E-state index in [0.29, 0.717) is 0 Å². The lowest BCUT2D eigenvalue weighted by Gasteiger charge is -2.06. The van der Waals surface area contributed by atoms with E-state index in [9.17, 15) is 0 Å². The monoisotopic (exact) mass is 417 g/mol. The fourth-order valence-corrected chi connectivity index (χ4v) is 3.47. The first kappa shape index (κ1) is 17.7. The van der Waals surface area contributed by atoms with Crippen molar-refractivity contribution in [2.45, 2.75) is 13.1 Å². The predicted molar refractivity (Wildman–Crippen MR) is 114 cm³/mol. The molecule has 27 heavy (non-hydrogen) atoms. The van der Waals surface area contributed by atoms with Crippen molar-refractivity contribution in [2.24, 2.45) is 0 Å². The van der Waals surface area contributed by atoms with Crippen LogP contribution < -0.4 is 5.32 Å². The molecule has 1 heterocycles. The van der Waals surface area contributed by atoms with Gasteiger partial charge in [0.15, 0.2) is 0 Å². The Hall–Kier alpha value is -2.69.